The molecule has 0 saturated carbocycles. The molecule has 0 bridgehead atoms. The molecule has 0 aliphatic carbocycles. The van der Waals surface area contributed by atoms with Crippen molar-refractivity contribution in [3.63, 3.8) is 0 Å². The third-order valence-corrected chi connectivity index (χ3v) is 3.62. The Labute approximate surface area is 136 Å². The second kappa shape index (κ2) is 6.97. The molecule has 0 saturated heterocycles. The van der Waals surface area contributed by atoms with Gasteiger partial charge in [0.05, 0.1) is 0 Å². The van der Waals surface area contributed by atoms with Crippen LogP contribution in [0.15, 0.2) is 71.1 Å². The second-order valence-electron chi connectivity index (χ2n) is 5.55. The van der Waals surface area contributed by atoms with E-state index in [1.807, 2.05) is 73.7 Å². The lowest BCUT2D eigenvalue weighted by molar-refractivity contribution is -0.116. The van der Waals surface area contributed by atoms with E-state index in [-0.39, 0.29) is 5.91 Å². The van der Waals surface area contributed by atoms with Gasteiger partial charge in [-0.25, -0.2) is 0 Å². The normalized spacial score (nSPS) is 10.5. The quantitative estimate of drug-likeness (QED) is 0.734. The van der Waals surface area contributed by atoms with Gasteiger partial charge >= 0.3 is 0 Å². The van der Waals surface area contributed by atoms with Gasteiger partial charge in [-0.1, -0.05) is 42.5 Å². The van der Waals surface area contributed by atoms with Gasteiger partial charge < -0.3 is 9.73 Å². The molecule has 3 nitrogen and oxygen atoms in total. The Morgan fingerprint density at radius 1 is 1.00 bits per heavy atom. The highest BCUT2D eigenvalue weighted by Crippen LogP contribution is 2.22. The van der Waals surface area contributed by atoms with Crippen molar-refractivity contribution in [2.45, 2.75) is 19.8 Å². The Bertz CT molecular complexity index is 790. The number of benzene rings is 2. The number of furan rings is 1. The van der Waals surface area contributed by atoms with Crippen LogP contribution < -0.4 is 5.32 Å². The predicted octanol–water partition coefficient (Wildman–Crippen LogP) is 4.83. The summed E-state index contributed by atoms with van der Waals surface area (Å²) in [5, 5.41) is 2.91. The van der Waals surface area contributed by atoms with E-state index in [2.05, 4.69) is 5.32 Å². The van der Waals surface area contributed by atoms with Gasteiger partial charge in [0.25, 0.3) is 0 Å². The van der Waals surface area contributed by atoms with Crippen LogP contribution in [0.25, 0.3) is 11.3 Å². The van der Waals surface area contributed by atoms with Crippen molar-refractivity contribution in [1.29, 1.82) is 0 Å². The van der Waals surface area contributed by atoms with E-state index < -0.39 is 0 Å². The SMILES string of the molecule is Cc1cccc(NC(=O)CCc2ccc(-c3ccccc3)o2)c1. The zero-order chi connectivity index (χ0) is 16.1. The zero-order valence-corrected chi connectivity index (χ0v) is 13.1. The summed E-state index contributed by atoms with van der Waals surface area (Å²) in [6, 6.07) is 21.6. The Morgan fingerprint density at radius 3 is 2.61 bits per heavy atom. The third kappa shape index (κ3) is 4.10. The van der Waals surface area contributed by atoms with Crippen molar-refractivity contribution in [3.05, 3.63) is 78.1 Å². The number of hydrogen-bond acceptors (Lipinski definition) is 2. The maximum Gasteiger partial charge on any atom is 0.224 e. The van der Waals surface area contributed by atoms with Gasteiger partial charge in [-0.3, -0.25) is 4.79 Å². The van der Waals surface area contributed by atoms with E-state index in [4.69, 9.17) is 4.42 Å². The van der Waals surface area contributed by atoms with Crippen LogP contribution in [0.2, 0.25) is 0 Å². The lowest BCUT2D eigenvalue weighted by Crippen LogP contribution is -2.12. The van der Waals surface area contributed by atoms with Gasteiger partial charge in [0, 0.05) is 24.1 Å². The summed E-state index contributed by atoms with van der Waals surface area (Å²) in [6.07, 6.45) is 0.986. The number of anilines is 1. The van der Waals surface area contributed by atoms with Crippen molar-refractivity contribution in [2.24, 2.45) is 0 Å². The van der Waals surface area contributed by atoms with E-state index in [9.17, 15) is 4.79 Å². The minimum absolute atomic E-state index is 0.00624. The fourth-order valence-corrected chi connectivity index (χ4v) is 2.45. The van der Waals surface area contributed by atoms with Gasteiger partial charge in [-0.15, -0.1) is 0 Å². The molecule has 3 rings (SSSR count). The van der Waals surface area contributed by atoms with Crippen LogP contribution in [0.5, 0.6) is 0 Å². The van der Waals surface area contributed by atoms with Crippen LogP contribution in [0.3, 0.4) is 0 Å². The van der Waals surface area contributed by atoms with Crippen molar-refractivity contribution in [2.75, 3.05) is 5.32 Å². The predicted molar refractivity (Wildman–Crippen MR) is 92.3 cm³/mol. The Kier molecular flexibility index (Phi) is 4.57. The molecule has 3 aromatic rings. The molecular formula is C20H19NO2. The molecule has 1 amide bonds. The number of rotatable bonds is 5. The maximum atomic E-state index is 12.0. The summed E-state index contributed by atoms with van der Waals surface area (Å²) in [5.74, 6) is 1.65. The molecule has 23 heavy (non-hydrogen) atoms. The molecule has 0 spiro atoms. The summed E-state index contributed by atoms with van der Waals surface area (Å²) < 4.78 is 5.81. The summed E-state index contributed by atoms with van der Waals surface area (Å²) >= 11 is 0. The molecule has 0 atom stereocenters. The number of carbonyl (C=O) groups is 1. The van der Waals surface area contributed by atoms with Crippen molar-refractivity contribution in [1.82, 2.24) is 0 Å². The molecule has 3 heteroatoms. The van der Waals surface area contributed by atoms with Gasteiger partial charge in [-0.05, 0) is 36.8 Å². The van der Waals surface area contributed by atoms with Crippen LogP contribution in [0, 0.1) is 6.92 Å². The highest BCUT2D eigenvalue weighted by Gasteiger charge is 2.08. The fraction of sp³-hybridized carbons (Fsp3) is 0.150. The lowest BCUT2D eigenvalue weighted by atomic mass is 10.2. The molecule has 0 aliphatic heterocycles. The number of hydrogen-bond donors (Lipinski definition) is 1. The number of carbonyl (C=O) groups excluding carboxylic acids is 1. The molecule has 1 aromatic heterocycles. The Morgan fingerprint density at radius 2 is 1.83 bits per heavy atom. The molecule has 0 unspecified atom stereocenters. The lowest BCUT2D eigenvalue weighted by Gasteiger charge is -2.05. The molecule has 116 valence electrons. The van der Waals surface area contributed by atoms with Crippen LogP contribution in [-0.2, 0) is 11.2 Å². The van der Waals surface area contributed by atoms with Gasteiger partial charge in [0.15, 0.2) is 0 Å². The molecule has 0 aliphatic rings. The topological polar surface area (TPSA) is 42.2 Å². The Balaban J connectivity index is 1.56. The number of aryl methyl sites for hydroxylation is 2. The third-order valence-electron chi connectivity index (χ3n) is 3.62. The van der Waals surface area contributed by atoms with Crippen molar-refractivity contribution in [3.8, 4) is 11.3 Å². The number of amides is 1. The summed E-state index contributed by atoms with van der Waals surface area (Å²) in [6.45, 7) is 2.00. The van der Waals surface area contributed by atoms with E-state index >= 15 is 0 Å². The van der Waals surface area contributed by atoms with Crippen LogP contribution in [-0.4, -0.2) is 5.91 Å². The summed E-state index contributed by atoms with van der Waals surface area (Å²) in [7, 11) is 0. The van der Waals surface area contributed by atoms with Gasteiger partial charge in [-0.2, -0.15) is 0 Å². The standard InChI is InChI=1S/C20H19NO2/c1-15-6-5-9-17(14-15)21-20(22)13-11-18-10-12-19(23-18)16-7-3-2-4-8-16/h2-10,12,14H,11,13H2,1H3,(H,21,22). The number of nitrogens with one attached hydrogen (secondary N) is 1. The second-order valence-corrected chi connectivity index (χ2v) is 5.55. The Hall–Kier alpha value is -2.81. The molecule has 0 fully saturated rings. The molecule has 1 N–H and O–H groups in total. The minimum Gasteiger partial charge on any atom is -0.461 e. The fourth-order valence-electron chi connectivity index (χ4n) is 2.45. The summed E-state index contributed by atoms with van der Waals surface area (Å²) in [4.78, 5) is 12.0. The average molecular weight is 305 g/mol. The van der Waals surface area contributed by atoms with E-state index in [0.717, 1.165) is 28.3 Å². The molecule has 2 aromatic carbocycles. The van der Waals surface area contributed by atoms with Crippen molar-refractivity contribution >= 4 is 11.6 Å². The maximum absolute atomic E-state index is 12.0. The smallest absolute Gasteiger partial charge is 0.224 e. The molecule has 0 radical (unpaired) electrons. The van der Waals surface area contributed by atoms with Crippen molar-refractivity contribution < 1.29 is 9.21 Å². The van der Waals surface area contributed by atoms with E-state index in [1.54, 1.807) is 0 Å². The zero-order valence-electron chi connectivity index (χ0n) is 13.1. The highest BCUT2D eigenvalue weighted by molar-refractivity contribution is 5.90. The van der Waals surface area contributed by atoms with E-state index in [0.29, 0.717) is 12.8 Å². The van der Waals surface area contributed by atoms with Crippen LogP contribution >= 0.6 is 0 Å². The first-order valence-electron chi connectivity index (χ1n) is 7.71. The van der Waals surface area contributed by atoms with Crippen LogP contribution in [0.4, 0.5) is 5.69 Å². The first-order valence-corrected chi connectivity index (χ1v) is 7.71. The molecular weight excluding hydrogens is 286 g/mol. The minimum atomic E-state index is -0.00624. The molecule has 1 heterocycles. The first-order chi connectivity index (χ1) is 11.2. The van der Waals surface area contributed by atoms with Crippen LogP contribution in [0.1, 0.15) is 17.7 Å². The van der Waals surface area contributed by atoms with E-state index in [1.165, 1.54) is 0 Å². The first kappa shape index (κ1) is 15.1. The monoisotopic (exact) mass is 305 g/mol. The largest absolute Gasteiger partial charge is 0.461 e. The highest BCUT2D eigenvalue weighted by atomic mass is 16.3. The van der Waals surface area contributed by atoms with Gasteiger partial charge in [0.2, 0.25) is 5.91 Å². The average Bonchev–Trinajstić information content (AvgIpc) is 3.03. The van der Waals surface area contributed by atoms with Gasteiger partial charge in [0.1, 0.15) is 11.5 Å². The summed E-state index contributed by atoms with van der Waals surface area (Å²) in [5.41, 5.74) is 3.00.